The van der Waals surface area contributed by atoms with Crippen LogP contribution in [0.2, 0.25) is 0 Å². The van der Waals surface area contributed by atoms with Gasteiger partial charge < -0.3 is 10.6 Å². The fraction of sp³-hybridized carbons (Fsp3) is 0.273. The average Bonchev–Trinajstić information content (AvgIpc) is 3.39. The minimum absolute atomic E-state index is 0.254. The average molecular weight is 401 g/mol. The summed E-state index contributed by atoms with van der Waals surface area (Å²) in [7, 11) is 0. The number of aryl methyl sites for hydroxylation is 1. The molecule has 8 heteroatoms. The predicted molar refractivity (Wildman–Crippen MR) is 114 cm³/mol. The van der Waals surface area contributed by atoms with E-state index in [1.807, 2.05) is 41.9 Å². The summed E-state index contributed by atoms with van der Waals surface area (Å²) in [4.78, 5) is 17.4. The molecule has 8 nitrogen and oxygen atoms in total. The van der Waals surface area contributed by atoms with E-state index < -0.39 is 0 Å². The first-order chi connectivity index (χ1) is 14.7. The highest BCUT2D eigenvalue weighted by Gasteiger charge is 2.23. The van der Waals surface area contributed by atoms with Crippen LogP contribution < -0.4 is 10.6 Å². The third-order valence-corrected chi connectivity index (χ3v) is 5.59. The Kier molecular flexibility index (Phi) is 4.76. The van der Waals surface area contributed by atoms with E-state index in [9.17, 15) is 4.79 Å². The number of hydrogen-bond donors (Lipinski definition) is 2. The smallest absolute Gasteiger partial charge is 0.262 e. The van der Waals surface area contributed by atoms with Crippen LogP contribution >= 0.6 is 0 Å². The normalized spacial score (nSPS) is 14.8. The van der Waals surface area contributed by atoms with Crippen LogP contribution in [-0.2, 0) is 0 Å². The number of para-hydroxylation sites is 1. The Morgan fingerprint density at radius 1 is 1.20 bits per heavy atom. The molecule has 0 spiro atoms. The zero-order valence-corrected chi connectivity index (χ0v) is 16.7. The van der Waals surface area contributed by atoms with Gasteiger partial charge in [-0.3, -0.25) is 4.79 Å². The molecule has 2 N–H and O–H groups in total. The summed E-state index contributed by atoms with van der Waals surface area (Å²) in [6, 6.07) is 11.8. The second-order valence-electron chi connectivity index (χ2n) is 7.58. The number of benzene rings is 1. The Morgan fingerprint density at radius 3 is 2.87 bits per heavy atom. The summed E-state index contributed by atoms with van der Waals surface area (Å²) < 4.78 is 3.43. The lowest BCUT2D eigenvalue weighted by Crippen LogP contribution is -2.26. The van der Waals surface area contributed by atoms with Gasteiger partial charge >= 0.3 is 0 Å². The molecule has 3 aromatic heterocycles. The maximum absolute atomic E-state index is 13.1. The van der Waals surface area contributed by atoms with E-state index in [2.05, 4.69) is 20.7 Å². The highest BCUT2D eigenvalue weighted by molar-refractivity contribution is 6.07. The van der Waals surface area contributed by atoms with Crippen LogP contribution in [0.15, 0.2) is 55.0 Å². The highest BCUT2D eigenvalue weighted by Crippen LogP contribution is 2.29. The second-order valence-corrected chi connectivity index (χ2v) is 7.58. The van der Waals surface area contributed by atoms with Crippen LogP contribution in [0.25, 0.3) is 11.3 Å². The molecule has 1 aromatic carbocycles. The first kappa shape index (κ1) is 18.5. The molecule has 5 rings (SSSR count). The molecule has 0 radical (unpaired) electrons. The van der Waals surface area contributed by atoms with E-state index >= 15 is 0 Å². The van der Waals surface area contributed by atoms with Gasteiger partial charge in [0.2, 0.25) is 0 Å². The molecule has 1 fully saturated rings. The second kappa shape index (κ2) is 7.72. The van der Waals surface area contributed by atoms with Gasteiger partial charge in [0.1, 0.15) is 11.4 Å². The standard InChI is InChI=1S/C22H23N7O/c1-15-5-2-3-6-19(15)29-20(13-18(27-29)16-7-10-23-11-8-16)26-22(30)17-14-25-28-12-4-9-24-21(17)28/h2-6,9,12-14,16,23H,7-8,10-11H2,1H3,(H,26,30). The molecule has 1 saturated heterocycles. The van der Waals surface area contributed by atoms with Crippen molar-refractivity contribution >= 4 is 17.4 Å². The lowest BCUT2D eigenvalue weighted by atomic mass is 9.95. The van der Waals surface area contributed by atoms with E-state index in [0.29, 0.717) is 22.9 Å². The zero-order valence-electron chi connectivity index (χ0n) is 16.7. The number of rotatable bonds is 4. The lowest BCUT2D eigenvalue weighted by molar-refractivity contribution is 0.102. The molecule has 1 aliphatic rings. The fourth-order valence-corrected chi connectivity index (χ4v) is 3.96. The number of hydrogen-bond acceptors (Lipinski definition) is 5. The third kappa shape index (κ3) is 3.35. The predicted octanol–water partition coefficient (Wildman–Crippen LogP) is 2.94. The number of anilines is 1. The van der Waals surface area contributed by atoms with E-state index in [-0.39, 0.29) is 5.91 Å². The van der Waals surface area contributed by atoms with E-state index in [1.54, 1.807) is 29.2 Å². The molecular formula is C22H23N7O. The number of amides is 1. The molecule has 152 valence electrons. The van der Waals surface area contributed by atoms with Crippen molar-refractivity contribution in [2.45, 2.75) is 25.7 Å². The van der Waals surface area contributed by atoms with Crippen molar-refractivity contribution in [3.63, 3.8) is 0 Å². The first-order valence-corrected chi connectivity index (χ1v) is 10.2. The van der Waals surface area contributed by atoms with Gasteiger partial charge in [0, 0.05) is 24.4 Å². The molecule has 0 unspecified atom stereocenters. The Labute approximate surface area is 173 Å². The monoisotopic (exact) mass is 401 g/mol. The van der Waals surface area contributed by atoms with Gasteiger partial charge in [-0.05, 0) is 50.6 Å². The van der Waals surface area contributed by atoms with Crippen molar-refractivity contribution in [2.75, 3.05) is 18.4 Å². The van der Waals surface area contributed by atoms with Crippen molar-refractivity contribution in [1.29, 1.82) is 0 Å². The molecule has 1 amide bonds. The number of carbonyl (C=O) groups is 1. The van der Waals surface area contributed by atoms with Gasteiger partial charge in [-0.1, -0.05) is 18.2 Å². The molecule has 4 heterocycles. The summed E-state index contributed by atoms with van der Waals surface area (Å²) >= 11 is 0. The summed E-state index contributed by atoms with van der Waals surface area (Å²) in [6.07, 6.45) is 7.04. The van der Waals surface area contributed by atoms with Crippen LogP contribution in [-0.4, -0.2) is 43.4 Å². The minimum atomic E-state index is -0.254. The fourth-order valence-electron chi connectivity index (χ4n) is 3.96. The topological polar surface area (TPSA) is 89.1 Å². The highest BCUT2D eigenvalue weighted by atomic mass is 16.1. The molecule has 0 saturated carbocycles. The first-order valence-electron chi connectivity index (χ1n) is 10.2. The van der Waals surface area contributed by atoms with Crippen LogP contribution in [0.1, 0.15) is 40.4 Å². The van der Waals surface area contributed by atoms with Gasteiger partial charge in [-0.2, -0.15) is 10.2 Å². The Bertz CT molecular complexity index is 1200. The van der Waals surface area contributed by atoms with Crippen molar-refractivity contribution in [3.05, 3.63) is 71.8 Å². The number of carbonyl (C=O) groups excluding carboxylic acids is 1. The Hall–Kier alpha value is -3.52. The van der Waals surface area contributed by atoms with Gasteiger partial charge in [-0.25, -0.2) is 14.2 Å². The van der Waals surface area contributed by atoms with Crippen molar-refractivity contribution < 1.29 is 4.79 Å². The maximum Gasteiger partial charge on any atom is 0.262 e. The van der Waals surface area contributed by atoms with Crippen molar-refractivity contribution in [1.82, 2.24) is 29.7 Å². The number of nitrogens with zero attached hydrogens (tertiary/aromatic N) is 5. The Balaban J connectivity index is 1.53. The summed E-state index contributed by atoms with van der Waals surface area (Å²) in [5.74, 6) is 0.777. The van der Waals surface area contributed by atoms with Gasteiger partial charge in [0.15, 0.2) is 5.65 Å². The van der Waals surface area contributed by atoms with Gasteiger partial charge in [-0.15, -0.1) is 0 Å². The van der Waals surface area contributed by atoms with Crippen LogP contribution in [0, 0.1) is 6.92 Å². The zero-order chi connectivity index (χ0) is 20.5. The number of fused-ring (bicyclic) bond motifs is 1. The van der Waals surface area contributed by atoms with Gasteiger partial charge in [0.25, 0.3) is 5.91 Å². The number of aromatic nitrogens is 5. The quantitative estimate of drug-likeness (QED) is 0.549. The van der Waals surface area contributed by atoms with Crippen LogP contribution in [0.5, 0.6) is 0 Å². The van der Waals surface area contributed by atoms with Gasteiger partial charge in [0.05, 0.1) is 17.6 Å². The Morgan fingerprint density at radius 2 is 2.03 bits per heavy atom. The summed E-state index contributed by atoms with van der Waals surface area (Å²) in [5, 5.41) is 15.6. The molecule has 0 atom stereocenters. The minimum Gasteiger partial charge on any atom is -0.317 e. The van der Waals surface area contributed by atoms with E-state index in [4.69, 9.17) is 5.10 Å². The molecular weight excluding hydrogens is 378 g/mol. The van der Waals surface area contributed by atoms with E-state index in [0.717, 1.165) is 42.9 Å². The molecule has 4 aromatic rings. The number of nitrogens with one attached hydrogen (secondary N) is 2. The number of piperidine rings is 1. The maximum atomic E-state index is 13.1. The summed E-state index contributed by atoms with van der Waals surface area (Å²) in [5.41, 5.74) is 4.00. The van der Waals surface area contributed by atoms with Crippen LogP contribution in [0.3, 0.4) is 0 Å². The van der Waals surface area contributed by atoms with Crippen molar-refractivity contribution in [3.8, 4) is 5.69 Å². The lowest BCUT2D eigenvalue weighted by Gasteiger charge is -2.20. The largest absolute Gasteiger partial charge is 0.317 e. The van der Waals surface area contributed by atoms with Crippen molar-refractivity contribution in [2.24, 2.45) is 0 Å². The molecule has 0 bridgehead atoms. The summed E-state index contributed by atoms with van der Waals surface area (Å²) in [6.45, 7) is 4.01. The third-order valence-electron chi connectivity index (χ3n) is 5.59. The molecule has 0 aliphatic carbocycles. The van der Waals surface area contributed by atoms with Crippen LogP contribution in [0.4, 0.5) is 5.82 Å². The SMILES string of the molecule is Cc1ccccc1-n1nc(C2CCNCC2)cc1NC(=O)c1cnn2cccnc12. The molecule has 1 aliphatic heterocycles. The van der Waals surface area contributed by atoms with E-state index in [1.165, 1.54) is 0 Å². The molecule has 30 heavy (non-hydrogen) atoms.